The highest BCUT2D eigenvalue weighted by Gasteiger charge is 2.16. The van der Waals surface area contributed by atoms with Crippen LogP contribution in [-0.2, 0) is 0 Å². The molecular weight excluding hydrogens is 212 g/mol. The highest BCUT2D eigenvalue weighted by Crippen LogP contribution is 2.25. The molecule has 2 rings (SSSR count). The van der Waals surface area contributed by atoms with Gasteiger partial charge in [0.15, 0.2) is 0 Å². The highest BCUT2D eigenvalue weighted by atomic mass is 15.2. The number of rotatable bonds is 5. The summed E-state index contributed by atoms with van der Waals surface area (Å²) in [4.78, 5) is 4.17. The van der Waals surface area contributed by atoms with Crippen LogP contribution in [0.1, 0.15) is 38.3 Å². The van der Waals surface area contributed by atoms with E-state index < -0.39 is 0 Å². The Morgan fingerprint density at radius 3 is 2.94 bits per heavy atom. The average molecular weight is 232 g/mol. The highest BCUT2D eigenvalue weighted by molar-refractivity contribution is 5.53. The van der Waals surface area contributed by atoms with Crippen LogP contribution in [-0.4, -0.2) is 21.6 Å². The topological polar surface area (TPSA) is 42.2 Å². The molecule has 0 bridgehead atoms. The average Bonchev–Trinajstić information content (AvgIpc) is 2.79. The van der Waals surface area contributed by atoms with Gasteiger partial charge in [-0.3, -0.25) is 4.98 Å². The van der Waals surface area contributed by atoms with Crippen LogP contribution in [0.15, 0.2) is 24.8 Å². The zero-order valence-electron chi connectivity index (χ0n) is 10.7. The van der Waals surface area contributed by atoms with Crippen LogP contribution < -0.4 is 5.32 Å². The van der Waals surface area contributed by atoms with Crippen molar-refractivity contribution in [1.82, 2.24) is 19.9 Å². The van der Waals surface area contributed by atoms with Gasteiger partial charge in [-0.05, 0) is 19.4 Å². The Morgan fingerprint density at radius 2 is 2.24 bits per heavy atom. The van der Waals surface area contributed by atoms with E-state index in [1.807, 2.05) is 30.2 Å². The second-order valence-electron chi connectivity index (χ2n) is 4.60. The second-order valence-corrected chi connectivity index (χ2v) is 4.60. The molecule has 2 aromatic rings. The predicted molar refractivity (Wildman–Crippen MR) is 68.9 cm³/mol. The van der Waals surface area contributed by atoms with Crippen molar-refractivity contribution < 1.29 is 0 Å². The van der Waals surface area contributed by atoms with E-state index in [0.29, 0.717) is 12.0 Å². The van der Waals surface area contributed by atoms with Gasteiger partial charge in [-0.25, -0.2) is 4.52 Å². The Bertz CT molecular complexity index is 477. The van der Waals surface area contributed by atoms with Gasteiger partial charge in [0.1, 0.15) is 0 Å². The fraction of sp³-hybridized carbons (Fsp3) is 0.538. The molecule has 0 saturated carbocycles. The van der Waals surface area contributed by atoms with Gasteiger partial charge in [0.05, 0.1) is 17.9 Å². The van der Waals surface area contributed by atoms with Crippen molar-refractivity contribution in [3.63, 3.8) is 0 Å². The van der Waals surface area contributed by atoms with Crippen molar-refractivity contribution in [1.29, 1.82) is 0 Å². The molecule has 2 atom stereocenters. The summed E-state index contributed by atoms with van der Waals surface area (Å²) >= 11 is 0. The van der Waals surface area contributed by atoms with Gasteiger partial charge in [-0.1, -0.05) is 20.3 Å². The van der Waals surface area contributed by atoms with E-state index in [1.165, 1.54) is 12.0 Å². The lowest BCUT2D eigenvalue weighted by Gasteiger charge is -2.18. The van der Waals surface area contributed by atoms with E-state index in [1.54, 1.807) is 6.20 Å². The standard InChI is InChI=1S/C13H20N4/c1-4-10(2)7-12(14-3)11-8-16-17-6-5-15-9-13(11)17/h5-6,8-10,12,14H,4,7H2,1-3H3. The van der Waals surface area contributed by atoms with E-state index in [-0.39, 0.29) is 0 Å². The zero-order chi connectivity index (χ0) is 12.3. The van der Waals surface area contributed by atoms with E-state index in [2.05, 4.69) is 29.2 Å². The Kier molecular flexibility index (Phi) is 3.74. The molecule has 0 aliphatic heterocycles. The maximum absolute atomic E-state index is 4.36. The molecule has 0 radical (unpaired) electrons. The maximum atomic E-state index is 4.36. The fourth-order valence-electron chi connectivity index (χ4n) is 2.09. The Hall–Kier alpha value is -1.42. The number of nitrogens with zero attached hydrogens (tertiary/aromatic N) is 3. The molecule has 0 aromatic carbocycles. The summed E-state index contributed by atoms with van der Waals surface area (Å²) in [6.07, 6.45) is 9.80. The lowest BCUT2D eigenvalue weighted by molar-refractivity contribution is 0.423. The van der Waals surface area contributed by atoms with Crippen molar-refractivity contribution in [2.45, 2.75) is 32.7 Å². The first-order valence-corrected chi connectivity index (χ1v) is 6.20. The number of hydrogen-bond acceptors (Lipinski definition) is 3. The van der Waals surface area contributed by atoms with Gasteiger partial charge in [0.2, 0.25) is 0 Å². The first-order valence-electron chi connectivity index (χ1n) is 6.20. The van der Waals surface area contributed by atoms with Gasteiger partial charge in [-0.2, -0.15) is 5.10 Å². The van der Waals surface area contributed by atoms with Crippen LogP contribution in [0.4, 0.5) is 0 Å². The largest absolute Gasteiger partial charge is 0.313 e. The summed E-state index contributed by atoms with van der Waals surface area (Å²) in [7, 11) is 2.01. The molecule has 0 aliphatic rings. The monoisotopic (exact) mass is 232 g/mol. The smallest absolute Gasteiger partial charge is 0.0892 e. The van der Waals surface area contributed by atoms with Gasteiger partial charge in [0.25, 0.3) is 0 Å². The Labute approximate surface area is 102 Å². The lowest BCUT2D eigenvalue weighted by atomic mass is 9.95. The number of aromatic nitrogens is 3. The Morgan fingerprint density at radius 1 is 1.41 bits per heavy atom. The van der Waals surface area contributed by atoms with Crippen LogP contribution in [0.25, 0.3) is 5.52 Å². The third kappa shape index (κ3) is 2.47. The molecule has 0 fully saturated rings. The minimum Gasteiger partial charge on any atom is -0.313 e. The molecule has 2 aromatic heterocycles. The first-order chi connectivity index (χ1) is 8.26. The predicted octanol–water partition coefficient (Wildman–Crippen LogP) is 2.43. The minimum absolute atomic E-state index is 0.353. The molecule has 0 spiro atoms. The van der Waals surface area contributed by atoms with E-state index in [0.717, 1.165) is 11.9 Å². The van der Waals surface area contributed by atoms with Crippen molar-refractivity contribution in [3.8, 4) is 0 Å². The summed E-state index contributed by atoms with van der Waals surface area (Å²) in [6, 6.07) is 0.353. The van der Waals surface area contributed by atoms with E-state index >= 15 is 0 Å². The van der Waals surface area contributed by atoms with Crippen molar-refractivity contribution in [3.05, 3.63) is 30.4 Å². The first kappa shape index (κ1) is 12.0. The molecule has 0 saturated heterocycles. The van der Waals surface area contributed by atoms with Gasteiger partial charge in [-0.15, -0.1) is 0 Å². The molecule has 4 nitrogen and oxygen atoms in total. The molecule has 17 heavy (non-hydrogen) atoms. The van der Waals surface area contributed by atoms with Crippen LogP contribution in [0.5, 0.6) is 0 Å². The van der Waals surface area contributed by atoms with E-state index in [9.17, 15) is 0 Å². The summed E-state index contributed by atoms with van der Waals surface area (Å²) in [5.74, 6) is 0.707. The molecule has 0 amide bonds. The fourth-order valence-corrected chi connectivity index (χ4v) is 2.09. The molecule has 0 aliphatic carbocycles. The summed E-state index contributed by atoms with van der Waals surface area (Å²) < 4.78 is 1.88. The van der Waals surface area contributed by atoms with Crippen LogP contribution in [0, 0.1) is 5.92 Å². The van der Waals surface area contributed by atoms with Crippen LogP contribution in [0.2, 0.25) is 0 Å². The summed E-state index contributed by atoms with van der Waals surface area (Å²) in [6.45, 7) is 4.52. The normalized spacial score (nSPS) is 15.0. The van der Waals surface area contributed by atoms with Crippen molar-refractivity contribution in [2.24, 2.45) is 5.92 Å². The third-order valence-corrected chi connectivity index (χ3v) is 3.41. The number of nitrogens with one attached hydrogen (secondary N) is 1. The van der Waals surface area contributed by atoms with Crippen molar-refractivity contribution >= 4 is 5.52 Å². The van der Waals surface area contributed by atoms with Crippen LogP contribution >= 0.6 is 0 Å². The molecular formula is C13H20N4. The summed E-state index contributed by atoms with van der Waals surface area (Å²) in [5.41, 5.74) is 2.33. The maximum Gasteiger partial charge on any atom is 0.0892 e. The van der Waals surface area contributed by atoms with E-state index in [4.69, 9.17) is 0 Å². The van der Waals surface area contributed by atoms with Gasteiger partial charge in [0, 0.05) is 24.0 Å². The van der Waals surface area contributed by atoms with Crippen LogP contribution in [0.3, 0.4) is 0 Å². The molecule has 2 unspecified atom stereocenters. The molecule has 1 N–H and O–H groups in total. The number of fused-ring (bicyclic) bond motifs is 1. The van der Waals surface area contributed by atoms with Gasteiger partial charge >= 0.3 is 0 Å². The Balaban J connectivity index is 2.30. The second kappa shape index (κ2) is 5.27. The lowest BCUT2D eigenvalue weighted by Crippen LogP contribution is -2.18. The summed E-state index contributed by atoms with van der Waals surface area (Å²) in [5, 5.41) is 7.74. The third-order valence-electron chi connectivity index (χ3n) is 3.41. The minimum atomic E-state index is 0.353. The quantitative estimate of drug-likeness (QED) is 0.861. The number of hydrogen-bond donors (Lipinski definition) is 1. The SMILES string of the molecule is CCC(C)CC(NC)c1cnn2ccncc12. The van der Waals surface area contributed by atoms with Crippen molar-refractivity contribution in [2.75, 3.05) is 7.05 Å². The van der Waals surface area contributed by atoms with Gasteiger partial charge < -0.3 is 5.32 Å². The molecule has 2 heterocycles. The molecule has 92 valence electrons. The molecule has 4 heteroatoms. The zero-order valence-corrected chi connectivity index (χ0v) is 10.7.